The highest BCUT2D eigenvalue weighted by Gasteiger charge is 2.20. The van der Waals surface area contributed by atoms with Gasteiger partial charge in [0, 0.05) is 37.3 Å². The predicted octanol–water partition coefficient (Wildman–Crippen LogP) is 2.48. The summed E-state index contributed by atoms with van der Waals surface area (Å²) < 4.78 is 18.9. The molecule has 0 saturated carbocycles. The van der Waals surface area contributed by atoms with Crippen LogP contribution in [-0.2, 0) is 4.74 Å². The zero-order valence-electron chi connectivity index (χ0n) is 19.7. The summed E-state index contributed by atoms with van der Waals surface area (Å²) in [6.07, 6.45) is 1.30. The van der Waals surface area contributed by atoms with Gasteiger partial charge in [-0.1, -0.05) is 0 Å². The van der Waals surface area contributed by atoms with Crippen molar-refractivity contribution in [3.8, 4) is 22.8 Å². The van der Waals surface area contributed by atoms with Gasteiger partial charge in [-0.25, -0.2) is 9.67 Å². The number of aromatic nitrogens is 3. The number of methoxy groups -OCH3 is 1. The number of nitrogens with zero attached hydrogens (tertiary/aromatic N) is 4. The molecule has 3 aromatic rings. The van der Waals surface area contributed by atoms with Crippen molar-refractivity contribution in [1.82, 2.24) is 20.1 Å². The molecule has 0 radical (unpaired) electrons. The molecule has 1 fully saturated rings. The second-order valence-corrected chi connectivity index (χ2v) is 8.47. The van der Waals surface area contributed by atoms with Crippen LogP contribution in [0.15, 0.2) is 30.5 Å². The molecule has 33 heavy (non-hydrogen) atoms. The fraction of sp³-hybridized carbons (Fsp3) is 0.500. The van der Waals surface area contributed by atoms with Gasteiger partial charge in [-0.05, 0) is 39.1 Å². The normalized spacial score (nSPS) is 15.3. The van der Waals surface area contributed by atoms with Crippen LogP contribution in [0.25, 0.3) is 22.3 Å². The second-order valence-electron chi connectivity index (χ2n) is 8.47. The van der Waals surface area contributed by atoms with Crippen molar-refractivity contribution < 1.29 is 19.3 Å². The van der Waals surface area contributed by atoms with Crippen LogP contribution < -0.4 is 19.7 Å². The smallest absolute Gasteiger partial charge is 0.160 e. The first-order chi connectivity index (χ1) is 16.0. The van der Waals surface area contributed by atoms with E-state index in [1.165, 1.54) is 0 Å². The Bertz CT molecular complexity index is 1080. The Morgan fingerprint density at radius 3 is 2.61 bits per heavy atom. The minimum atomic E-state index is -0.604. The van der Waals surface area contributed by atoms with E-state index in [0.29, 0.717) is 31.3 Å². The highest BCUT2D eigenvalue weighted by atomic mass is 16.5. The van der Waals surface area contributed by atoms with Crippen molar-refractivity contribution in [3.05, 3.63) is 30.5 Å². The van der Waals surface area contributed by atoms with E-state index in [0.717, 1.165) is 41.1 Å². The van der Waals surface area contributed by atoms with Crippen LogP contribution in [-0.4, -0.2) is 79.6 Å². The first-order valence-corrected chi connectivity index (χ1v) is 11.4. The SMILES string of the molecule is CNCC(O)COc1cc(OC)cc(-c2cc(N3CCOCC3)c3cnn(C(C)C)c3n2)c1. The Hall–Kier alpha value is -2.88. The van der Waals surface area contributed by atoms with Gasteiger partial charge < -0.3 is 29.5 Å². The van der Waals surface area contributed by atoms with E-state index >= 15 is 0 Å². The van der Waals surface area contributed by atoms with Crippen LogP contribution in [0.3, 0.4) is 0 Å². The lowest BCUT2D eigenvalue weighted by atomic mass is 10.1. The number of likely N-dealkylation sites (N-methyl/N-ethyl adjacent to an activating group) is 1. The van der Waals surface area contributed by atoms with Gasteiger partial charge in [0.05, 0.1) is 43.3 Å². The molecule has 1 aliphatic rings. The molecule has 0 bridgehead atoms. The molecule has 1 saturated heterocycles. The molecule has 3 heterocycles. The number of anilines is 1. The van der Waals surface area contributed by atoms with Crippen LogP contribution >= 0.6 is 0 Å². The number of hydrogen-bond acceptors (Lipinski definition) is 8. The largest absolute Gasteiger partial charge is 0.497 e. The standard InChI is InChI=1S/C24H33N5O4/c1-16(2)29-24-21(14-26-29)23(28-5-7-32-8-6-28)12-22(27-24)17-9-19(31-4)11-20(10-17)33-15-18(30)13-25-3/h9-12,14,16,18,25,30H,5-8,13,15H2,1-4H3. The number of nitrogens with one attached hydrogen (secondary N) is 1. The average molecular weight is 456 g/mol. The number of morpholine rings is 1. The van der Waals surface area contributed by atoms with E-state index in [1.807, 2.05) is 29.1 Å². The van der Waals surface area contributed by atoms with Crippen molar-refractivity contribution in [2.75, 3.05) is 58.5 Å². The van der Waals surface area contributed by atoms with Crippen LogP contribution in [0.2, 0.25) is 0 Å². The number of aliphatic hydroxyl groups excluding tert-OH is 1. The lowest BCUT2D eigenvalue weighted by Crippen LogP contribution is -2.36. The van der Waals surface area contributed by atoms with E-state index in [-0.39, 0.29) is 12.6 Å². The number of ether oxygens (including phenoxy) is 3. The summed E-state index contributed by atoms with van der Waals surface area (Å²) >= 11 is 0. The van der Waals surface area contributed by atoms with Crippen molar-refractivity contribution >= 4 is 16.7 Å². The van der Waals surface area contributed by atoms with Crippen molar-refractivity contribution in [2.45, 2.75) is 26.0 Å². The lowest BCUT2D eigenvalue weighted by Gasteiger charge is -2.29. The van der Waals surface area contributed by atoms with Gasteiger partial charge in [0.25, 0.3) is 0 Å². The third-order valence-electron chi connectivity index (χ3n) is 5.68. The van der Waals surface area contributed by atoms with Crippen molar-refractivity contribution in [2.24, 2.45) is 0 Å². The van der Waals surface area contributed by atoms with Gasteiger partial charge in [0.2, 0.25) is 0 Å². The molecule has 2 aromatic heterocycles. The molecule has 0 aliphatic carbocycles. The van der Waals surface area contributed by atoms with E-state index < -0.39 is 6.10 Å². The highest BCUT2D eigenvalue weighted by Crippen LogP contribution is 2.35. The van der Waals surface area contributed by atoms with Crippen molar-refractivity contribution in [1.29, 1.82) is 0 Å². The van der Waals surface area contributed by atoms with Gasteiger partial charge in [-0.2, -0.15) is 5.10 Å². The van der Waals surface area contributed by atoms with Crippen LogP contribution in [0, 0.1) is 0 Å². The minimum Gasteiger partial charge on any atom is -0.497 e. The van der Waals surface area contributed by atoms with E-state index in [4.69, 9.17) is 19.2 Å². The maximum atomic E-state index is 10.0. The average Bonchev–Trinajstić information content (AvgIpc) is 3.27. The summed E-state index contributed by atoms with van der Waals surface area (Å²) in [5.74, 6) is 1.28. The Kier molecular flexibility index (Phi) is 7.32. The molecule has 1 aromatic carbocycles. The number of aliphatic hydroxyl groups is 1. The second kappa shape index (κ2) is 10.4. The van der Waals surface area contributed by atoms with Crippen LogP contribution in [0.4, 0.5) is 5.69 Å². The maximum Gasteiger partial charge on any atom is 0.160 e. The molecule has 0 amide bonds. The van der Waals surface area contributed by atoms with Gasteiger partial charge in [-0.3, -0.25) is 0 Å². The molecular weight excluding hydrogens is 422 g/mol. The molecular formula is C24H33N5O4. The third kappa shape index (κ3) is 5.21. The van der Waals surface area contributed by atoms with Gasteiger partial charge in [0.15, 0.2) is 5.65 Å². The third-order valence-corrected chi connectivity index (χ3v) is 5.68. The van der Waals surface area contributed by atoms with Crippen LogP contribution in [0.5, 0.6) is 11.5 Å². The zero-order valence-corrected chi connectivity index (χ0v) is 19.7. The quantitative estimate of drug-likeness (QED) is 0.508. The Morgan fingerprint density at radius 2 is 1.91 bits per heavy atom. The fourth-order valence-corrected chi connectivity index (χ4v) is 4.00. The van der Waals surface area contributed by atoms with E-state index in [9.17, 15) is 5.11 Å². The Labute approximate surface area is 194 Å². The van der Waals surface area contributed by atoms with Crippen LogP contribution in [0.1, 0.15) is 19.9 Å². The summed E-state index contributed by atoms with van der Waals surface area (Å²) in [4.78, 5) is 7.32. The molecule has 2 N–H and O–H groups in total. The van der Waals surface area contributed by atoms with Crippen molar-refractivity contribution in [3.63, 3.8) is 0 Å². The van der Waals surface area contributed by atoms with Gasteiger partial charge in [-0.15, -0.1) is 0 Å². The number of hydrogen-bond donors (Lipinski definition) is 2. The summed E-state index contributed by atoms with van der Waals surface area (Å²) in [6, 6.07) is 7.98. The highest BCUT2D eigenvalue weighted by molar-refractivity contribution is 5.92. The molecule has 0 spiro atoms. The first-order valence-electron chi connectivity index (χ1n) is 11.4. The Balaban J connectivity index is 1.78. The summed E-state index contributed by atoms with van der Waals surface area (Å²) in [7, 11) is 3.42. The van der Waals surface area contributed by atoms with Gasteiger partial charge in [0.1, 0.15) is 24.2 Å². The molecule has 1 aliphatic heterocycles. The molecule has 9 heteroatoms. The molecule has 9 nitrogen and oxygen atoms in total. The first kappa shape index (κ1) is 23.3. The summed E-state index contributed by atoms with van der Waals surface area (Å²) in [5, 5.41) is 18.6. The number of benzene rings is 1. The summed E-state index contributed by atoms with van der Waals surface area (Å²) in [5.41, 5.74) is 3.63. The summed E-state index contributed by atoms with van der Waals surface area (Å²) in [6.45, 7) is 7.87. The molecule has 4 rings (SSSR count). The predicted molar refractivity (Wildman–Crippen MR) is 128 cm³/mol. The number of pyridine rings is 1. The molecule has 1 atom stereocenters. The topological polar surface area (TPSA) is 93.9 Å². The van der Waals surface area contributed by atoms with E-state index in [2.05, 4.69) is 35.2 Å². The minimum absolute atomic E-state index is 0.180. The molecule has 178 valence electrons. The Morgan fingerprint density at radius 1 is 1.15 bits per heavy atom. The fourth-order valence-electron chi connectivity index (χ4n) is 4.00. The monoisotopic (exact) mass is 455 g/mol. The lowest BCUT2D eigenvalue weighted by molar-refractivity contribution is 0.108. The molecule has 1 unspecified atom stereocenters. The maximum absolute atomic E-state index is 10.0. The van der Waals surface area contributed by atoms with Gasteiger partial charge >= 0.3 is 0 Å². The zero-order chi connectivity index (χ0) is 23.4. The number of fused-ring (bicyclic) bond motifs is 1. The van der Waals surface area contributed by atoms with E-state index in [1.54, 1.807) is 14.2 Å². The number of rotatable bonds is 9.